The Bertz CT molecular complexity index is 4490. The van der Waals surface area contributed by atoms with E-state index in [-0.39, 0.29) is 58.3 Å². The van der Waals surface area contributed by atoms with Crippen molar-refractivity contribution in [1.29, 1.82) is 0 Å². The molecule has 142 heavy (non-hydrogen) atoms. The Labute approximate surface area is 856 Å². The molecule has 6 aromatic carbocycles. The first-order valence-electron chi connectivity index (χ1n) is 55.8. The quantitative estimate of drug-likeness (QED) is 0.0233. The van der Waals surface area contributed by atoms with Gasteiger partial charge in [-0.3, -0.25) is 0 Å². The molecule has 13 nitrogen and oxygen atoms in total. The third-order valence-electron chi connectivity index (χ3n) is 35.1. The molecule has 6 aromatic rings. The molecule has 14 atom stereocenters. The molecule has 0 radical (unpaired) electrons. The topological polar surface area (TPSA) is 186 Å². The van der Waals surface area contributed by atoms with E-state index in [9.17, 15) is 26.3 Å². The van der Waals surface area contributed by atoms with Crippen LogP contribution < -0.4 is 16.4 Å². The Hall–Kier alpha value is -4.99. The van der Waals surface area contributed by atoms with Gasteiger partial charge in [0.2, 0.25) is 4.20 Å². The summed E-state index contributed by atoms with van der Waals surface area (Å²) in [5, 5.41) is 54.2. The van der Waals surface area contributed by atoms with Gasteiger partial charge in [-0.25, -0.2) is 26.3 Å². The van der Waals surface area contributed by atoms with Gasteiger partial charge in [-0.1, -0.05) is 159 Å². The van der Waals surface area contributed by atoms with Gasteiger partial charge < -0.3 is 63.3 Å². The van der Waals surface area contributed by atoms with E-state index in [0.717, 1.165) is 203 Å². The van der Waals surface area contributed by atoms with Crippen molar-refractivity contribution in [1.82, 2.24) is 0 Å². The summed E-state index contributed by atoms with van der Waals surface area (Å²) in [6.45, 7) is 21.8. The minimum Gasteiger partial charge on any atom is -0.423 e. The third-order valence-corrected chi connectivity index (χ3v) is 38.0. The van der Waals surface area contributed by atoms with Crippen LogP contribution in [0.25, 0.3) is 0 Å². The summed E-state index contributed by atoms with van der Waals surface area (Å²) in [5.74, 6) is 15.0. The van der Waals surface area contributed by atoms with Crippen LogP contribution in [0, 0.1) is 136 Å². The van der Waals surface area contributed by atoms with Crippen LogP contribution >= 0.6 is 11.8 Å². The zero-order valence-electron chi connectivity index (χ0n) is 86.4. The molecule has 0 amide bonds. The summed E-state index contributed by atoms with van der Waals surface area (Å²) in [7, 11) is -5.28. The smallest absolute Gasteiger partial charge is 0.423 e. The summed E-state index contributed by atoms with van der Waals surface area (Å²) in [5.41, 5.74) is 5.45. The van der Waals surface area contributed by atoms with Gasteiger partial charge in [-0.05, 0) is 413 Å². The van der Waals surface area contributed by atoms with Gasteiger partial charge >= 0.3 is 21.4 Å². The number of rotatable bonds is 16. The van der Waals surface area contributed by atoms with Gasteiger partial charge in [-0.15, -0.1) is 0 Å². The number of halogens is 6. The van der Waals surface area contributed by atoms with Crippen LogP contribution in [0.2, 0.25) is 0 Å². The maximum Gasteiger partial charge on any atom is 0.491 e. The molecule has 6 N–H and O–H groups in total. The molecule has 14 aliphatic rings. The van der Waals surface area contributed by atoms with Crippen LogP contribution in [0.5, 0.6) is 0 Å². The summed E-state index contributed by atoms with van der Waals surface area (Å²) >= 11 is 4.38. The van der Waals surface area contributed by atoms with Crippen LogP contribution in [-0.2, 0) is 44.5 Å². The van der Waals surface area contributed by atoms with Crippen LogP contribution in [-0.4, -0.2) is 132 Å². The fourth-order valence-corrected chi connectivity index (χ4v) is 28.6. The predicted octanol–water partition coefficient (Wildman–Crippen LogP) is 25.5. The Kier molecular flexibility index (Phi) is 45.5. The van der Waals surface area contributed by atoms with E-state index in [0.29, 0.717) is 66.3 Å². The van der Waals surface area contributed by atoms with E-state index in [1.54, 1.807) is 46.7 Å². The van der Waals surface area contributed by atoms with E-state index in [1.807, 2.05) is 24.3 Å². The zero-order chi connectivity index (χ0) is 100. The highest BCUT2D eigenvalue weighted by molar-refractivity contribution is 8.23. The monoisotopic (exact) mass is 2010 g/mol. The van der Waals surface area contributed by atoms with Crippen molar-refractivity contribution < 1.29 is 89.6 Å². The Morgan fingerprint density at radius 2 is 0.514 bits per heavy atom. The molecule has 20 rings (SSSR count). The molecule has 8 aliphatic heterocycles. The molecule has 8 heterocycles. The predicted molar refractivity (Wildman–Crippen MR) is 566 cm³/mol. The summed E-state index contributed by atoms with van der Waals surface area (Å²) in [6.07, 6.45) is 51.1. The largest absolute Gasteiger partial charge is 0.491 e. The molecule has 7 saturated heterocycles. The molecule has 0 aromatic heterocycles. The first-order chi connectivity index (χ1) is 68.6. The SMILES string of the molecule is CC1CCC(C2CCC(C3CCC(C4=[S+]CCCS4)CC3)CC2)OC1.CC1CCC(C2CCC(c3ccc(B(O)O)c(F)c3)CC2)OC1.CC1CCC(C2CCC(c3ccc(B(O)O)c(F)c3)OC2)CC1.CC1CCC(C2CCC(c3cccc(F)c3)CC2)OC1.CC1CCC(C2CCC(c3cccc(F)c3)OC2)CC1.CC1CCC(c2ccc(B(O)O)c(F)c2)OC1.CC1CCC(c2cccc(F)c2)OC1. The second-order valence-corrected chi connectivity index (χ2v) is 48.6. The van der Waals surface area contributed by atoms with Crippen LogP contribution in [0.1, 0.15) is 369 Å². The molecule has 13 fully saturated rings. The highest BCUT2D eigenvalue weighted by atomic mass is 32.2. The molecule has 6 saturated carbocycles. The number of benzene rings is 6. The van der Waals surface area contributed by atoms with Gasteiger partial charge in [0.05, 0.1) is 55.9 Å². The summed E-state index contributed by atoms with van der Waals surface area (Å²) in [4.78, 5) is 0. The number of ether oxygens (including phenoxy) is 7. The van der Waals surface area contributed by atoms with Gasteiger partial charge in [0.15, 0.2) is 17.1 Å². The second-order valence-electron chi connectivity index (χ2n) is 46.0. The summed E-state index contributed by atoms with van der Waals surface area (Å²) < 4.78 is 124. The lowest BCUT2D eigenvalue weighted by atomic mass is 9.68. The maximum absolute atomic E-state index is 13.9. The molecule has 0 bridgehead atoms. The number of hydrogen-bond acceptors (Lipinski definition) is 14. The maximum atomic E-state index is 13.9. The average Bonchev–Trinajstić information content (AvgIpc) is 0.821. The fraction of sp³-hybridized carbons (Fsp3) is 0.686. The lowest BCUT2D eigenvalue weighted by Gasteiger charge is -2.40. The fourth-order valence-electron chi connectivity index (χ4n) is 25.7. The Morgan fingerprint density at radius 1 is 0.254 bits per heavy atom. The van der Waals surface area contributed by atoms with Crippen LogP contribution in [0.3, 0.4) is 0 Å². The molecule has 782 valence electrons. The standard InChI is InChI=1S/C22H37OS2.2C18H26BFO3.2C18H25FO.C12H16BFO3.C12H15FO/c1-16-3-12-21(23-15-16)19-8-4-17(5-9-19)18-6-10-20(11-7-18)22-24-13-2-14-25-22;1-12-2-9-18(23-11-12)14-5-3-13(4-6-14)15-7-8-16(19(21)22)17(20)10-15;1-12-2-4-13(5-3-12)15-7-9-18(23-11-15)14-6-8-16(19(21)22)17(20)10-14;1-13-5-10-18(20-12-13)15-8-6-14(7-9-15)16-3-2-4-17(19)11-16;1-13-5-7-14(8-6-13)16-9-10-18(20-12-16)15-3-2-4-17(19)11-15;1-8-2-5-12(17-7-8)9-3-4-10(13(15)16)11(14)6-9;1-9-5-6-12(14-8-9)10-3-2-4-11(13)7-10/h16-21H,2-15H2,1H3;7-8,10,12-14,18,21-22H,2-6,9,11H2,1H3;6,8,10,12-13,15,18,21-22H,2-5,7,9,11H2,1H3;2-4,11,13-15,18H,5-10,12H2,1H3;2-4,11,13-14,16,18H,5-10,12H2,1H3;3-4,6,8,12,15-16H,2,5,7H2,1H3;2-4,7,9,12H,5-6,8H2,1H3/q+1;;;;;;. The van der Waals surface area contributed by atoms with Crippen LogP contribution in [0.15, 0.2) is 127 Å². The van der Waals surface area contributed by atoms with Crippen LogP contribution in [0.4, 0.5) is 26.3 Å². The Morgan fingerprint density at radius 3 is 0.824 bits per heavy atom. The van der Waals surface area contributed by atoms with Gasteiger partial charge in [0.25, 0.3) is 0 Å². The minimum absolute atomic E-state index is 0.0489. The van der Waals surface area contributed by atoms with Crippen molar-refractivity contribution in [2.45, 2.75) is 353 Å². The molecule has 6 aliphatic carbocycles. The molecular formula is C118H170B3F6O13S2+. The van der Waals surface area contributed by atoms with Crippen molar-refractivity contribution >= 4 is 65.1 Å². The summed E-state index contributed by atoms with van der Waals surface area (Å²) in [6, 6.07) is 34.5. The first-order valence-corrected chi connectivity index (χ1v) is 57.8. The van der Waals surface area contributed by atoms with Crippen molar-refractivity contribution in [3.05, 3.63) is 196 Å². The van der Waals surface area contributed by atoms with Gasteiger partial charge in [0.1, 0.15) is 34.9 Å². The van der Waals surface area contributed by atoms with Crippen molar-refractivity contribution in [3.8, 4) is 0 Å². The van der Waals surface area contributed by atoms with E-state index in [2.05, 4.69) is 77.6 Å². The van der Waals surface area contributed by atoms with Gasteiger partial charge in [0, 0.05) is 67.5 Å². The molecular weight excluding hydrogens is 1840 g/mol. The van der Waals surface area contributed by atoms with Crippen molar-refractivity contribution in [2.24, 2.45) is 101 Å². The minimum atomic E-state index is -1.77. The number of thioether (sulfide) groups is 1. The lowest BCUT2D eigenvalue weighted by molar-refractivity contribution is -0.0568. The van der Waals surface area contributed by atoms with E-state index >= 15 is 0 Å². The normalized spacial score (nSPS) is 33.5. The van der Waals surface area contributed by atoms with Gasteiger partial charge in [-0.2, -0.15) is 0 Å². The third kappa shape index (κ3) is 34.3. The molecule has 0 spiro atoms. The van der Waals surface area contributed by atoms with Crippen molar-refractivity contribution in [3.63, 3.8) is 0 Å². The second kappa shape index (κ2) is 57.3. The van der Waals surface area contributed by atoms with Crippen molar-refractivity contribution in [2.75, 3.05) is 57.8 Å². The highest BCUT2D eigenvalue weighted by Crippen LogP contribution is 2.49. The van der Waals surface area contributed by atoms with E-state index < -0.39 is 38.8 Å². The van der Waals surface area contributed by atoms with E-state index in [1.165, 1.54) is 258 Å². The lowest BCUT2D eigenvalue weighted by Crippen LogP contribution is -2.35. The van der Waals surface area contributed by atoms with E-state index in [4.69, 9.17) is 63.3 Å². The first kappa shape index (κ1) is 113. The Balaban J connectivity index is 0.000000132. The average molecular weight is 2010 g/mol. The molecule has 24 heteroatoms. The zero-order valence-corrected chi connectivity index (χ0v) is 88.1. The highest BCUT2D eigenvalue weighted by Gasteiger charge is 2.41. The number of hydrogen-bond donors (Lipinski definition) is 6. The molecule has 14 unspecified atom stereocenters.